The Labute approximate surface area is 75.1 Å². The number of para-hydroxylation sites is 1. The Morgan fingerprint density at radius 3 is 3.08 bits per heavy atom. The van der Waals surface area contributed by atoms with E-state index in [2.05, 4.69) is 0 Å². The van der Waals surface area contributed by atoms with Crippen LogP contribution in [0, 0.1) is 0 Å². The maximum Gasteiger partial charge on any atom is 0.315 e. The largest absolute Gasteiger partial charge is 0.426 e. The van der Waals surface area contributed by atoms with E-state index in [4.69, 9.17) is 16.3 Å². The first-order chi connectivity index (χ1) is 5.81. The SMILES string of the molecule is O=C1Cc2cccc(CCl)c2O1. The molecule has 1 aromatic carbocycles. The summed E-state index contributed by atoms with van der Waals surface area (Å²) >= 11 is 5.67. The van der Waals surface area contributed by atoms with E-state index in [9.17, 15) is 4.79 Å². The van der Waals surface area contributed by atoms with Gasteiger partial charge in [0.25, 0.3) is 0 Å². The van der Waals surface area contributed by atoms with Crippen LogP contribution in [0.15, 0.2) is 18.2 Å². The molecule has 2 rings (SSSR count). The molecule has 0 aliphatic carbocycles. The molecule has 0 saturated heterocycles. The number of fused-ring (bicyclic) bond motifs is 1. The molecular weight excluding hydrogens is 176 g/mol. The molecule has 2 nitrogen and oxygen atoms in total. The second-order valence-electron chi connectivity index (χ2n) is 2.69. The van der Waals surface area contributed by atoms with Crippen molar-refractivity contribution in [3.63, 3.8) is 0 Å². The summed E-state index contributed by atoms with van der Waals surface area (Å²) in [5, 5.41) is 0. The Bertz CT molecular complexity index is 333. The summed E-state index contributed by atoms with van der Waals surface area (Å²) in [6, 6.07) is 5.64. The molecule has 1 heterocycles. The predicted molar refractivity (Wildman–Crippen MR) is 45.3 cm³/mol. The highest BCUT2D eigenvalue weighted by molar-refractivity contribution is 6.17. The Morgan fingerprint density at radius 2 is 2.33 bits per heavy atom. The van der Waals surface area contributed by atoms with Gasteiger partial charge in [0.15, 0.2) is 0 Å². The van der Waals surface area contributed by atoms with E-state index < -0.39 is 0 Å². The lowest BCUT2D eigenvalue weighted by atomic mass is 10.1. The first-order valence-electron chi connectivity index (χ1n) is 3.68. The number of carbonyl (C=O) groups excluding carboxylic acids is 1. The number of alkyl halides is 1. The van der Waals surface area contributed by atoms with Crippen LogP contribution in [0.5, 0.6) is 5.75 Å². The molecule has 0 radical (unpaired) electrons. The van der Waals surface area contributed by atoms with Crippen LogP contribution in [0.1, 0.15) is 11.1 Å². The van der Waals surface area contributed by atoms with Crippen LogP contribution in [0.25, 0.3) is 0 Å². The van der Waals surface area contributed by atoms with Crippen LogP contribution < -0.4 is 4.74 Å². The Hall–Kier alpha value is -1.02. The molecule has 0 fully saturated rings. The summed E-state index contributed by atoms with van der Waals surface area (Å²) in [4.78, 5) is 10.9. The Kier molecular flexibility index (Phi) is 1.77. The number of benzene rings is 1. The molecule has 62 valence electrons. The minimum Gasteiger partial charge on any atom is -0.426 e. The topological polar surface area (TPSA) is 26.3 Å². The third kappa shape index (κ3) is 1.08. The third-order valence-electron chi connectivity index (χ3n) is 1.87. The molecule has 0 atom stereocenters. The van der Waals surface area contributed by atoms with Gasteiger partial charge >= 0.3 is 5.97 Å². The van der Waals surface area contributed by atoms with Gasteiger partial charge in [-0.15, -0.1) is 11.6 Å². The van der Waals surface area contributed by atoms with E-state index in [-0.39, 0.29) is 5.97 Å². The van der Waals surface area contributed by atoms with Gasteiger partial charge in [-0.05, 0) is 0 Å². The number of carbonyl (C=O) groups is 1. The summed E-state index contributed by atoms with van der Waals surface area (Å²) in [6.45, 7) is 0. The highest BCUT2D eigenvalue weighted by Gasteiger charge is 2.22. The molecule has 12 heavy (non-hydrogen) atoms. The minimum atomic E-state index is -0.192. The fourth-order valence-electron chi connectivity index (χ4n) is 1.32. The van der Waals surface area contributed by atoms with Gasteiger partial charge in [-0.25, -0.2) is 0 Å². The van der Waals surface area contributed by atoms with E-state index in [1.165, 1.54) is 0 Å². The van der Waals surface area contributed by atoms with Gasteiger partial charge < -0.3 is 4.74 Å². The van der Waals surface area contributed by atoms with Crippen LogP contribution >= 0.6 is 11.6 Å². The molecule has 3 heteroatoms. The fourth-order valence-corrected chi connectivity index (χ4v) is 1.53. The lowest BCUT2D eigenvalue weighted by Crippen LogP contribution is -2.00. The summed E-state index contributed by atoms with van der Waals surface area (Å²) < 4.78 is 5.01. The van der Waals surface area contributed by atoms with Gasteiger partial charge in [0.05, 0.1) is 12.3 Å². The minimum absolute atomic E-state index is 0.192. The van der Waals surface area contributed by atoms with Crippen molar-refractivity contribution in [1.82, 2.24) is 0 Å². The van der Waals surface area contributed by atoms with Crippen LogP contribution in [0.2, 0.25) is 0 Å². The zero-order valence-corrected chi connectivity index (χ0v) is 7.10. The van der Waals surface area contributed by atoms with Crippen molar-refractivity contribution in [2.45, 2.75) is 12.3 Å². The van der Waals surface area contributed by atoms with Gasteiger partial charge in [0, 0.05) is 11.1 Å². The summed E-state index contributed by atoms with van der Waals surface area (Å²) in [7, 11) is 0. The third-order valence-corrected chi connectivity index (χ3v) is 2.16. The Morgan fingerprint density at radius 1 is 1.50 bits per heavy atom. The second kappa shape index (κ2) is 2.79. The van der Waals surface area contributed by atoms with Crippen molar-refractivity contribution in [2.24, 2.45) is 0 Å². The van der Waals surface area contributed by atoms with Gasteiger partial charge in [0.1, 0.15) is 5.75 Å². The van der Waals surface area contributed by atoms with Crippen LogP contribution in [0.3, 0.4) is 0 Å². The van der Waals surface area contributed by atoms with Gasteiger partial charge in [-0.3, -0.25) is 4.79 Å². The van der Waals surface area contributed by atoms with E-state index in [0.29, 0.717) is 18.1 Å². The monoisotopic (exact) mass is 182 g/mol. The van der Waals surface area contributed by atoms with Crippen molar-refractivity contribution in [2.75, 3.05) is 0 Å². The van der Waals surface area contributed by atoms with Crippen LogP contribution in [0.4, 0.5) is 0 Å². The Balaban J connectivity index is 2.51. The molecule has 0 amide bonds. The number of esters is 1. The predicted octanol–water partition coefficient (Wildman–Crippen LogP) is 1.89. The van der Waals surface area contributed by atoms with Crippen LogP contribution in [-0.4, -0.2) is 5.97 Å². The quantitative estimate of drug-likeness (QED) is 0.377. The molecule has 0 spiro atoms. The van der Waals surface area contributed by atoms with Gasteiger partial charge in [-0.2, -0.15) is 0 Å². The maximum atomic E-state index is 10.9. The smallest absolute Gasteiger partial charge is 0.315 e. The number of hydrogen-bond acceptors (Lipinski definition) is 2. The fraction of sp³-hybridized carbons (Fsp3) is 0.222. The van der Waals surface area contributed by atoms with Crippen molar-refractivity contribution in [1.29, 1.82) is 0 Å². The highest BCUT2D eigenvalue weighted by atomic mass is 35.5. The summed E-state index contributed by atoms with van der Waals surface area (Å²) in [5.74, 6) is 0.858. The molecule has 0 saturated carbocycles. The van der Waals surface area contributed by atoms with Gasteiger partial charge in [-0.1, -0.05) is 18.2 Å². The molecule has 0 bridgehead atoms. The van der Waals surface area contributed by atoms with E-state index in [1.54, 1.807) is 0 Å². The standard InChI is InChI=1S/C9H7ClO2/c10-5-7-3-1-2-6-4-8(11)12-9(6)7/h1-3H,4-5H2. The van der Waals surface area contributed by atoms with E-state index in [1.807, 2.05) is 18.2 Å². The van der Waals surface area contributed by atoms with Crippen molar-refractivity contribution in [3.05, 3.63) is 29.3 Å². The molecule has 0 N–H and O–H groups in total. The molecule has 1 aliphatic rings. The first kappa shape index (κ1) is 7.62. The molecule has 0 aromatic heterocycles. The van der Waals surface area contributed by atoms with Gasteiger partial charge in [0.2, 0.25) is 0 Å². The van der Waals surface area contributed by atoms with Crippen LogP contribution in [-0.2, 0) is 17.1 Å². The molecule has 1 aliphatic heterocycles. The zero-order valence-electron chi connectivity index (χ0n) is 6.34. The van der Waals surface area contributed by atoms with E-state index >= 15 is 0 Å². The first-order valence-corrected chi connectivity index (χ1v) is 4.22. The maximum absolute atomic E-state index is 10.9. The molecule has 1 aromatic rings. The summed E-state index contributed by atoms with van der Waals surface area (Å²) in [6.07, 6.45) is 0.375. The lowest BCUT2D eigenvalue weighted by molar-refractivity contribution is -0.131. The molecule has 0 unspecified atom stereocenters. The van der Waals surface area contributed by atoms with E-state index in [0.717, 1.165) is 11.1 Å². The second-order valence-corrected chi connectivity index (χ2v) is 2.96. The number of ether oxygens (including phenoxy) is 1. The number of halogens is 1. The number of hydrogen-bond donors (Lipinski definition) is 0. The highest BCUT2D eigenvalue weighted by Crippen LogP contribution is 2.30. The van der Waals surface area contributed by atoms with Crippen molar-refractivity contribution < 1.29 is 9.53 Å². The number of rotatable bonds is 1. The molecular formula is C9H7ClO2. The van der Waals surface area contributed by atoms with Crippen molar-refractivity contribution in [3.8, 4) is 5.75 Å². The normalized spacial score (nSPS) is 14.2. The average molecular weight is 183 g/mol. The average Bonchev–Trinajstić information content (AvgIpc) is 2.44. The van der Waals surface area contributed by atoms with Crippen molar-refractivity contribution >= 4 is 17.6 Å². The summed E-state index contributed by atoms with van der Waals surface area (Å²) in [5.41, 5.74) is 1.83. The zero-order chi connectivity index (χ0) is 8.55. The lowest BCUT2D eigenvalue weighted by Gasteiger charge is -2.01.